The zero-order chi connectivity index (χ0) is 12.1. The highest BCUT2D eigenvalue weighted by Crippen LogP contribution is 2.16. The van der Waals surface area contributed by atoms with Crippen molar-refractivity contribution in [3.63, 3.8) is 0 Å². The quantitative estimate of drug-likeness (QED) is 0.790. The highest BCUT2D eigenvalue weighted by molar-refractivity contribution is 4.92. The Morgan fingerprint density at radius 1 is 1.38 bits per heavy atom. The van der Waals surface area contributed by atoms with Crippen LogP contribution >= 0.6 is 0 Å². The van der Waals surface area contributed by atoms with E-state index in [1.54, 1.807) is 0 Å². The molecule has 0 aromatic carbocycles. The fourth-order valence-electron chi connectivity index (χ4n) is 1.45. The van der Waals surface area contributed by atoms with E-state index in [2.05, 4.69) is 28.9 Å². The van der Waals surface area contributed by atoms with Crippen LogP contribution in [-0.4, -0.2) is 35.7 Å². The Balaban J connectivity index is 2.50. The molecule has 1 atom stereocenters. The molecule has 0 aliphatic carbocycles. The summed E-state index contributed by atoms with van der Waals surface area (Å²) in [4.78, 5) is 6.39. The maximum atomic E-state index is 5.96. The summed E-state index contributed by atoms with van der Waals surface area (Å²) >= 11 is 0. The lowest BCUT2D eigenvalue weighted by atomic mass is 10.0. The molecule has 0 saturated heterocycles. The number of likely N-dealkylation sites (N-methyl/N-ethyl adjacent to an activating group) is 1. The van der Waals surface area contributed by atoms with Crippen LogP contribution in [-0.2, 0) is 6.42 Å². The van der Waals surface area contributed by atoms with Gasteiger partial charge in [0.25, 0.3) is 0 Å². The molecule has 0 fully saturated rings. The van der Waals surface area contributed by atoms with Gasteiger partial charge in [-0.25, -0.2) is 0 Å². The van der Waals surface area contributed by atoms with Crippen LogP contribution in [0, 0.1) is 5.92 Å². The topological polar surface area (TPSA) is 68.2 Å². The third kappa shape index (κ3) is 4.28. The van der Waals surface area contributed by atoms with Crippen LogP contribution in [0.3, 0.4) is 0 Å². The fraction of sp³-hybridized carbons (Fsp3) is 0.818. The molecular weight excluding hydrogens is 204 g/mol. The third-order valence-corrected chi connectivity index (χ3v) is 2.31. The number of rotatable bonds is 6. The first-order chi connectivity index (χ1) is 7.49. The molecule has 5 nitrogen and oxygen atoms in total. The van der Waals surface area contributed by atoms with Gasteiger partial charge in [-0.05, 0) is 26.4 Å². The van der Waals surface area contributed by atoms with Crippen LogP contribution in [0.1, 0.15) is 38.0 Å². The van der Waals surface area contributed by atoms with E-state index in [0.717, 1.165) is 25.2 Å². The molecule has 0 radical (unpaired) electrons. The minimum absolute atomic E-state index is 0.138. The first-order valence-electron chi connectivity index (χ1n) is 5.71. The van der Waals surface area contributed by atoms with Crippen molar-refractivity contribution in [3.05, 3.63) is 11.7 Å². The number of nitrogens with two attached hydrogens (primary N) is 1. The zero-order valence-corrected chi connectivity index (χ0v) is 10.6. The normalized spacial score (nSPS) is 13.7. The monoisotopic (exact) mass is 226 g/mol. The molecule has 1 aromatic rings. The maximum Gasteiger partial charge on any atom is 0.243 e. The predicted octanol–water partition coefficient (Wildman–Crippen LogP) is 1.22. The Morgan fingerprint density at radius 2 is 2.06 bits per heavy atom. The van der Waals surface area contributed by atoms with Crippen LogP contribution in [0.2, 0.25) is 0 Å². The Kier molecular flexibility index (Phi) is 4.89. The predicted molar refractivity (Wildman–Crippen MR) is 62.9 cm³/mol. The van der Waals surface area contributed by atoms with Gasteiger partial charge in [0.2, 0.25) is 5.89 Å². The van der Waals surface area contributed by atoms with Gasteiger partial charge in [0, 0.05) is 13.0 Å². The third-order valence-electron chi connectivity index (χ3n) is 2.31. The maximum absolute atomic E-state index is 5.96. The number of nitrogens with zero attached hydrogens (tertiary/aromatic N) is 3. The van der Waals surface area contributed by atoms with Gasteiger partial charge in [-0.1, -0.05) is 19.0 Å². The van der Waals surface area contributed by atoms with Gasteiger partial charge in [0.1, 0.15) is 0 Å². The molecule has 1 heterocycles. The summed E-state index contributed by atoms with van der Waals surface area (Å²) in [6.45, 7) is 5.17. The van der Waals surface area contributed by atoms with Crippen molar-refractivity contribution < 1.29 is 4.52 Å². The lowest BCUT2D eigenvalue weighted by Gasteiger charge is -2.08. The molecule has 1 rings (SSSR count). The number of hydrogen-bond donors (Lipinski definition) is 1. The standard InChI is InChI=1S/C11H22N4O/c1-8(2)7-9(12)11-13-10(14-16-11)5-6-15(3)4/h8-9H,5-7,12H2,1-4H3/t9-/m0/s1. The highest BCUT2D eigenvalue weighted by Gasteiger charge is 2.15. The second kappa shape index (κ2) is 5.96. The van der Waals surface area contributed by atoms with Crippen molar-refractivity contribution in [1.82, 2.24) is 15.0 Å². The summed E-state index contributed by atoms with van der Waals surface area (Å²) in [5.74, 6) is 1.83. The summed E-state index contributed by atoms with van der Waals surface area (Å²) in [5, 5.41) is 3.92. The van der Waals surface area contributed by atoms with Crippen molar-refractivity contribution in [2.75, 3.05) is 20.6 Å². The van der Waals surface area contributed by atoms with Crippen LogP contribution in [0.15, 0.2) is 4.52 Å². The first kappa shape index (κ1) is 13.1. The van der Waals surface area contributed by atoms with Crippen LogP contribution < -0.4 is 5.73 Å². The Hall–Kier alpha value is -0.940. The largest absolute Gasteiger partial charge is 0.338 e. The summed E-state index contributed by atoms with van der Waals surface area (Å²) in [5.41, 5.74) is 5.96. The van der Waals surface area contributed by atoms with Crippen molar-refractivity contribution in [3.8, 4) is 0 Å². The molecular formula is C11H22N4O. The van der Waals surface area contributed by atoms with Gasteiger partial charge >= 0.3 is 0 Å². The van der Waals surface area contributed by atoms with E-state index in [1.165, 1.54) is 0 Å². The molecule has 1 aromatic heterocycles. The zero-order valence-electron chi connectivity index (χ0n) is 10.6. The molecule has 16 heavy (non-hydrogen) atoms. The Morgan fingerprint density at radius 3 is 2.62 bits per heavy atom. The molecule has 0 spiro atoms. The average molecular weight is 226 g/mol. The summed E-state index contributed by atoms with van der Waals surface area (Å²) in [6, 6.07) is -0.138. The highest BCUT2D eigenvalue weighted by atomic mass is 16.5. The molecule has 0 unspecified atom stereocenters. The van der Waals surface area contributed by atoms with E-state index >= 15 is 0 Å². The van der Waals surface area contributed by atoms with E-state index in [0.29, 0.717) is 11.8 Å². The SMILES string of the molecule is CC(C)C[C@H](N)c1nc(CCN(C)C)no1. The van der Waals surface area contributed by atoms with Crippen LogP contribution in [0.4, 0.5) is 0 Å². The minimum Gasteiger partial charge on any atom is -0.338 e. The van der Waals surface area contributed by atoms with E-state index in [-0.39, 0.29) is 6.04 Å². The molecule has 92 valence electrons. The van der Waals surface area contributed by atoms with Gasteiger partial charge < -0.3 is 15.2 Å². The molecule has 0 saturated carbocycles. The molecule has 2 N–H and O–H groups in total. The lowest BCUT2D eigenvalue weighted by molar-refractivity contribution is 0.330. The molecule has 5 heteroatoms. The number of hydrogen-bond acceptors (Lipinski definition) is 5. The molecule has 0 aliphatic heterocycles. The summed E-state index contributed by atoms with van der Waals surface area (Å²) < 4.78 is 5.15. The van der Waals surface area contributed by atoms with Crippen LogP contribution in [0.25, 0.3) is 0 Å². The molecule has 0 amide bonds. The van der Waals surface area contributed by atoms with Crippen molar-refractivity contribution in [2.24, 2.45) is 11.7 Å². The molecule has 0 aliphatic rings. The average Bonchev–Trinajstić information content (AvgIpc) is 2.61. The lowest BCUT2D eigenvalue weighted by Crippen LogP contribution is -2.16. The van der Waals surface area contributed by atoms with Gasteiger partial charge in [-0.3, -0.25) is 0 Å². The van der Waals surface area contributed by atoms with E-state index < -0.39 is 0 Å². The molecule has 0 bridgehead atoms. The van der Waals surface area contributed by atoms with Crippen LogP contribution in [0.5, 0.6) is 0 Å². The Labute approximate surface area is 97.0 Å². The minimum atomic E-state index is -0.138. The van der Waals surface area contributed by atoms with E-state index in [4.69, 9.17) is 10.3 Å². The second-order valence-corrected chi connectivity index (χ2v) is 4.84. The van der Waals surface area contributed by atoms with Crippen molar-refractivity contribution in [2.45, 2.75) is 32.7 Å². The number of aromatic nitrogens is 2. The van der Waals surface area contributed by atoms with Gasteiger partial charge in [0.05, 0.1) is 6.04 Å². The first-order valence-corrected chi connectivity index (χ1v) is 5.71. The van der Waals surface area contributed by atoms with E-state index in [1.807, 2.05) is 14.1 Å². The smallest absolute Gasteiger partial charge is 0.243 e. The summed E-state index contributed by atoms with van der Waals surface area (Å²) in [7, 11) is 4.04. The van der Waals surface area contributed by atoms with Crippen molar-refractivity contribution >= 4 is 0 Å². The van der Waals surface area contributed by atoms with Gasteiger partial charge in [-0.15, -0.1) is 0 Å². The van der Waals surface area contributed by atoms with E-state index in [9.17, 15) is 0 Å². The Bertz CT molecular complexity index is 309. The van der Waals surface area contributed by atoms with Gasteiger partial charge in [0.15, 0.2) is 5.82 Å². The van der Waals surface area contributed by atoms with Gasteiger partial charge in [-0.2, -0.15) is 4.98 Å². The fourth-order valence-corrected chi connectivity index (χ4v) is 1.45. The second-order valence-electron chi connectivity index (χ2n) is 4.84. The summed E-state index contributed by atoms with van der Waals surface area (Å²) in [6.07, 6.45) is 1.67. The van der Waals surface area contributed by atoms with Crippen molar-refractivity contribution in [1.29, 1.82) is 0 Å².